The molecule has 0 aliphatic carbocycles. The molecule has 1 aliphatic rings. The molecule has 8 heteroatoms. The van der Waals surface area contributed by atoms with E-state index in [1.807, 2.05) is 0 Å². The molecule has 4 amide bonds. The van der Waals surface area contributed by atoms with E-state index in [4.69, 9.17) is 23.2 Å². The van der Waals surface area contributed by atoms with Crippen LogP contribution in [0.25, 0.3) is 0 Å². The molecule has 0 radical (unpaired) electrons. The summed E-state index contributed by atoms with van der Waals surface area (Å²) in [6.45, 7) is 0. The van der Waals surface area contributed by atoms with Crippen molar-refractivity contribution in [2.45, 2.75) is 12.0 Å². The summed E-state index contributed by atoms with van der Waals surface area (Å²) in [5.41, 5.74) is -1.99. The van der Waals surface area contributed by atoms with E-state index in [1.165, 1.54) is 32.3 Å². The number of carbonyl (C=O) groups excluding carboxylic acids is 3. The summed E-state index contributed by atoms with van der Waals surface area (Å²) in [5, 5.41) is 11.1. The zero-order chi connectivity index (χ0) is 15.9. The van der Waals surface area contributed by atoms with Crippen LogP contribution in [0.15, 0.2) is 18.2 Å². The Labute approximate surface area is 130 Å². The molecule has 0 spiro atoms. The standard InChI is InChI=1S/C13H12Cl2N2O4/c1-16-10(18)13(21,11(19)17(2)12(16)20)6-7-3-4-8(14)5-9(7)15/h3-5,21H,6H2,1-2H3. The van der Waals surface area contributed by atoms with Crippen LogP contribution in [-0.2, 0) is 16.0 Å². The quantitative estimate of drug-likeness (QED) is 0.829. The summed E-state index contributed by atoms with van der Waals surface area (Å²) < 4.78 is 0. The molecular weight excluding hydrogens is 319 g/mol. The first-order valence-corrected chi connectivity index (χ1v) is 6.70. The number of barbiturate groups is 1. The Hall–Kier alpha value is -1.63. The van der Waals surface area contributed by atoms with Crippen LogP contribution < -0.4 is 0 Å². The minimum Gasteiger partial charge on any atom is -0.371 e. The molecule has 0 atom stereocenters. The van der Waals surface area contributed by atoms with Crippen molar-refractivity contribution in [2.24, 2.45) is 0 Å². The number of hydrogen-bond donors (Lipinski definition) is 1. The predicted molar refractivity (Wildman–Crippen MR) is 76.1 cm³/mol. The van der Waals surface area contributed by atoms with Crippen molar-refractivity contribution in [2.75, 3.05) is 14.1 Å². The van der Waals surface area contributed by atoms with Gasteiger partial charge < -0.3 is 5.11 Å². The molecule has 0 aromatic heterocycles. The molecule has 1 saturated heterocycles. The number of imide groups is 2. The number of halogens is 2. The summed E-state index contributed by atoms with van der Waals surface area (Å²) in [7, 11) is 2.39. The Morgan fingerprint density at radius 1 is 1.10 bits per heavy atom. The Morgan fingerprint density at radius 3 is 2.10 bits per heavy atom. The maximum atomic E-state index is 12.1. The number of benzene rings is 1. The second-order valence-electron chi connectivity index (χ2n) is 4.78. The van der Waals surface area contributed by atoms with E-state index in [1.54, 1.807) is 0 Å². The highest BCUT2D eigenvalue weighted by molar-refractivity contribution is 6.35. The summed E-state index contributed by atoms with van der Waals surface area (Å²) in [6.07, 6.45) is -0.345. The van der Waals surface area contributed by atoms with Crippen LogP contribution in [0.4, 0.5) is 4.79 Å². The average molecular weight is 331 g/mol. The Kier molecular flexibility index (Phi) is 3.97. The summed E-state index contributed by atoms with van der Waals surface area (Å²) >= 11 is 11.8. The number of rotatable bonds is 2. The van der Waals surface area contributed by atoms with Gasteiger partial charge >= 0.3 is 6.03 Å². The fourth-order valence-corrected chi connectivity index (χ4v) is 2.61. The Balaban J connectivity index is 2.42. The molecule has 1 aromatic carbocycles. The fourth-order valence-electron chi connectivity index (χ4n) is 2.14. The second kappa shape index (κ2) is 5.29. The number of aliphatic hydroxyl groups is 1. The molecule has 0 unspecified atom stereocenters. The van der Waals surface area contributed by atoms with Crippen LogP contribution in [0.1, 0.15) is 5.56 Å². The molecule has 6 nitrogen and oxygen atoms in total. The number of likely N-dealkylation sites (N-methyl/N-ethyl adjacent to an activating group) is 2. The first-order valence-electron chi connectivity index (χ1n) is 5.95. The lowest BCUT2D eigenvalue weighted by molar-refractivity contribution is -0.167. The van der Waals surface area contributed by atoms with Gasteiger partial charge in [0.25, 0.3) is 11.8 Å². The summed E-state index contributed by atoms with van der Waals surface area (Å²) in [6, 6.07) is 3.69. The summed E-state index contributed by atoms with van der Waals surface area (Å²) in [4.78, 5) is 37.3. The van der Waals surface area contributed by atoms with Gasteiger partial charge in [-0.05, 0) is 17.7 Å². The van der Waals surface area contributed by atoms with Crippen molar-refractivity contribution < 1.29 is 19.5 Å². The van der Waals surface area contributed by atoms with E-state index in [2.05, 4.69) is 0 Å². The number of hydrogen-bond acceptors (Lipinski definition) is 4. The molecule has 112 valence electrons. The maximum Gasteiger partial charge on any atom is 0.333 e. The maximum absolute atomic E-state index is 12.1. The monoisotopic (exact) mass is 330 g/mol. The van der Waals surface area contributed by atoms with Crippen molar-refractivity contribution in [1.82, 2.24) is 9.80 Å². The van der Waals surface area contributed by atoms with E-state index < -0.39 is 23.4 Å². The van der Waals surface area contributed by atoms with Crippen LogP contribution in [0.5, 0.6) is 0 Å². The lowest BCUT2D eigenvalue weighted by atomic mass is 9.90. The molecule has 1 aliphatic heterocycles. The predicted octanol–water partition coefficient (Wildman–Crippen LogP) is 1.32. The molecule has 1 N–H and O–H groups in total. The van der Waals surface area contributed by atoms with Crippen LogP contribution >= 0.6 is 23.2 Å². The van der Waals surface area contributed by atoms with Gasteiger partial charge in [-0.15, -0.1) is 0 Å². The van der Waals surface area contributed by atoms with Gasteiger partial charge in [-0.2, -0.15) is 0 Å². The van der Waals surface area contributed by atoms with Crippen molar-refractivity contribution >= 4 is 41.0 Å². The molecule has 1 aromatic rings. The highest BCUT2D eigenvalue weighted by atomic mass is 35.5. The van der Waals surface area contributed by atoms with Crippen LogP contribution in [0.2, 0.25) is 10.0 Å². The van der Waals surface area contributed by atoms with Crippen LogP contribution in [-0.4, -0.2) is 52.4 Å². The first kappa shape index (κ1) is 15.8. The molecular formula is C13H12Cl2N2O4. The van der Waals surface area contributed by atoms with E-state index >= 15 is 0 Å². The van der Waals surface area contributed by atoms with E-state index in [9.17, 15) is 19.5 Å². The minimum absolute atomic E-state index is 0.221. The molecule has 0 bridgehead atoms. The third-order valence-electron chi connectivity index (χ3n) is 3.35. The van der Waals surface area contributed by atoms with Crippen LogP contribution in [0, 0.1) is 0 Å². The van der Waals surface area contributed by atoms with E-state index in [0.717, 1.165) is 0 Å². The van der Waals surface area contributed by atoms with Crippen molar-refractivity contribution in [3.05, 3.63) is 33.8 Å². The molecule has 1 heterocycles. The molecule has 1 fully saturated rings. The van der Waals surface area contributed by atoms with Gasteiger partial charge in [0.15, 0.2) is 0 Å². The van der Waals surface area contributed by atoms with Gasteiger partial charge in [-0.1, -0.05) is 29.3 Å². The highest BCUT2D eigenvalue weighted by Gasteiger charge is 2.54. The largest absolute Gasteiger partial charge is 0.371 e. The van der Waals surface area contributed by atoms with Gasteiger partial charge in [-0.25, -0.2) is 4.79 Å². The number of amides is 4. The van der Waals surface area contributed by atoms with Gasteiger partial charge in [0.05, 0.1) is 0 Å². The number of urea groups is 1. The fraction of sp³-hybridized carbons (Fsp3) is 0.308. The molecule has 21 heavy (non-hydrogen) atoms. The zero-order valence-corrected chi connectivity index (χ0v) is 12.8. The highest BCUT2D eigenvalue weighted by Crippen LogP contribution is 2.28. The van der Waals surface area contributed by atoms with Gasteiger partial charge in [-0.3, -0.25) is 19.4 Å². The topological polar surface area (TPSA) is 77.9 Å². The van der Waals surface area contributed by atoms with Crippen LogP contribution in [0.3, 0.4) is 0 Å². The van der Waals surface area contributed by atoms with Gasteiger partial charge in [0, 0.05) is 30.6 Å². The normalized spacial score (nSPS) is 18.4. The number of nitrogens with zero attached hydrogens (tertiary/aromatic N) is 2. The molecule has 0 saturated carbocycles. The molecule has 2 rings (SSSR count). The minimum atomic E-state index is -2.37. The van der Waals surface area contributed by atoms with Gasteiger partial charge in [0.1, 0.15) is 0 Å². The summed E-state index contributed by atoms with van der Waals surface area (Å²) in [5.74, 6) is -1.97. The van der Waals surface area contributed by atoms with Crippen molar-refractivity contribution in [1.29, 1.82) is 0 Å². The smallest absolute Gasteiger partial charge is 0.333 e. The second-order valence-corrected chi connectivity index (χ2v) is 5.63. The zero-order valence-electron chi connectivity index (χ0n) is 11.3. The third kappa shape index (κ3) is 2.50. The first-order chi connectivity index (χ1) is 9.68. The lowest BCUT2D eigenvalue weighted by Gasteiger charge is -2.38. The van der Waals surface area contributed by atoms with E-state index in [0.29, 0.717) is 20.4 Å². The Morgan fingerprint density at radius 2 is 1.62 bits per heavy atom. The SMILES string of the molecule is CN1C(=O)N(C)C(=O)C(O)(Cc2ccc(Cl)cc2Cl)C1=O. The number of carbonyl (C=O) groups is 3. The average Bonchev–Trinajstić information content (AvgIpc) is 2.44. The van der Waals surface area contributed by atoms with Crippen molar-refractivity contribution in [3.63, 3.8) is 0 Å². The Bertz CT molecular complexity index is 623. The third-order valence-corrected chi connectivity index (χ3v) is 3.94. The van der Waals surface area contributed by atoms with E-state index in [-0.39, 0.29) is 11.4 Å². The van der Waals surface area contributed by atoms with Gasteiger partial charge in [0.2, 0.25) is 5.60 Å². The van der Waals surface area contributed by atoms with Crippen molar-refractivity contribution in [3.8, 4) is 0 Å². The lowest BCUT2D eigenvalue weighted by Crippen LogP contribution is -2.67.